The first-order chi connectivity index (χ1) is 19.2. The summed E-state index contributed by atoms with van der Waals surface area (Å²) in [6.45, 7) is 3.75. The Bertz CT molecular complexity index is 1920. The summed E-state index contributed by atoms with van der Waals surface area (Å²) in [5.74, 6) is -0.551. The van der Waals surface area contributed by atoms with Crippen molar-refractivity contribution in [2.75, 3.05) is 23.7 Å². The number of phenols is 1. The fraction of sp³-hybridized carbons (Fsp3) is 0.174. The first-order valence-electron chi connectivity index (χ1n) is 11.6. The van der Waals surface area contributed by atoms with Gasteiger partial charge in [-0.25, -0.2) is 0 Å². The number of aryl methyl sites for hydroxylation is 2. The van der Waals surface area contributed by atoms with Crippen molar-refractivity contribution >= 4 is 71.6 Å². The summed E-state index contributed by atoms with van der Waals surface area (Å²) in [6, 6.07) is 7.75. The average molecular weight is 623 g/mol. The van der Waals surface area contributed by atoms with Crippen LogP contribution in [-0.4, -0.2) is 59.1 Å². The maximum atomic E-state index is 12.0. The number of nitrogens with one attached hydrogen (secondary N) is 2. The second-order valence-electron chi connectivity index (χ2n) is 8.67. The van der Waals surface area contributed by atoms with Gasteiger partial charge in [0, 0.05) is 18.5 Å². The van der Waals surface area contributed by atoms with E-state index in [1.807, 2.05) is 0 Å². The molecule has 3 aromatic carbocycles. The number of nitrogens with two attached hydrogens (primary N) is 1. The van der Waals surface area contributed by atoms with E-state index < -0.39 is 35.8 Å². The van der Waals surface area contributed by atoms with Gasteiger partial charge in [-0.1, -0.05) is 6.07 Å². The van der Waals surface area contributed by atoms with Crippen molar-refractivity contribution in [3.05, 3.63) is 52.8 Å². The molecule has 0 amide bonds. The molecular formula is C23H23ClN8O7S2. The third-order valence-electron chi connectivity index (χ3n) is 5.58. The fourth-order valence-electron chi connectivity index (χ4n) is 3.80. The Morgan fingerprint density at radius 3 is 2.32 bits per heavy atom. The van der Waals surface area contributed by atoms with Crippen LogP contribution in [0.5, 0.6) is 5.75 Å². The highest BCUT2D eigenvalue weighted by Gasteiger charge is 2.21. The zero-order valence-corrected chi connectivity index (χ0v) is 23.7. The van der Waals surface area contributed by atoms with Crippen LogP contribution in [0.1, 0.15) is 11.1 Å². The average Bonchev–Trinajstić information content (AvgIpc) is 2.86. The number of benzene rings is 3. The quantitative estimate of drug-likeness (QED) is 0.114. The fourth-order valence-corrected chi connectivity index (χ4v) is 5.21. The van der Waals surface area contributed by atoms with Crippen molar-refractivity contribution in [2.24, 2.45) is 16.0 Å². The summed E-state index contributed by atoms with van der Waals surface area (Å²) < 4.78 is 67.1. The van der Waals surface area contributed by atoms with Crippen molar-refractivity contribution in [2.45, 2.75) is 23.6 Å². The molecule has 0 bridgehead atoms. The molecule has 0 aliphatic heterocycles. The second-order valence-corrected chi connectivity index (χ2v) is 11.8. The molecule has 0 atom stereocenters. The van der Waals surface area contributed by atoms with Crippen molar-refractivity contribution in [3.63, 3.8) is 0 Å². The van der Waals surface area contributed by atoms with E-state index in [4.69, 9.17) is 17.3 Å². The number of azo groups is 1. The standard InChI is InChI=1S/C23H23ClN8O7S2/c1-11-3-4-15(17(7-11)41(37,38)39)31-32-19-12(2)8-13-9-14(40(34,35)36)10-16(18(13)20(19)33)27-23-29-21(24)28-22(30-23)26-6-5-25/h3-4,7-10,33H,5-6,25H2,1-2H3,(H,34,35,36)(H,37,38,39)(H2,26,27,28,29,30). The highest BCUT2D eigenvalue weighted by Crippen LogP contribution is 2.44. The van der Waals surface area contributed by atoms with Crippen molar-refractivity contribution < 1.29 is 31.0 Å². The van der Waals surface area contributed by atoms with E-state index >= 15 is 0 Å². The molecule has 0 aliphatic carbocycles. The number of nitrogens with zero attached hydrogens (tertiary/aromatic N) is 5. The minimum Gasteiger partial charge on any atom is -0.505 e. The Balaban J connectivity index is 1.91. The molecule has 1 aromatic heterocycles. The predicted molar refractivity (Wildman–Crippen MR) is 151 cm³/mol. The van der Waals surface area contributed by atoms with E-state index in [0.29, 0.717) is 17.7 Å². The summed E-state index contributed by atoms with van der Waals surface area (Å²) >= 11 is 6.00. The number of anilines is 3. The maximum Gasteiger partial charge on any atom is 0.296 e. The summed E-state index contributed by atoms with van der Waals surface area (Å²) in [4.78, 5) is 11.1. The molecule has 0 saturated heterocycles. The van der Waals surface area contributed by atoms with Crippen LogP contribution in [0.4, 0.5) is 29.0 Å². The van der Waals surface area contributed by atoms with E-state index in [2.05, 4.69) is 35.8 Å². The van der Waals surface area contributed by atoms with Gasteiger partial charge in [-0.15, -0.1) is 10.2 Å². The molecule has 0 spiro atoms. The first-order valence-corrected chi connectivity index (χ1v) is 14.8. The van der Waals surface area contributed by atoms with Crippen LogP contribution in [0, 0.1) is 13.8 Å². The number of fused-ring (bicyclic) bond motifs is 1. The molecule has 0 fully saturated rings. The lowest BCUT2D eigenvalue weighted by Gasteiger charge is -2.15. The van der Waals surface area contributed by atoms with Gasteiger partial charge in [0.15, 0.2) is 5.75 Å². The highest BCUT2D eigenvalue weighted by atomic mass is 35.5. The van der Waals surface area contributed by atoms with Gasteiger partial charge in [-0.05, 0) is 72.3 Å². The minimum absolute atomic E-state index is 0.0314. The van der Waals surface area contributed by atoms with Gasteiger partial charge in [0.2, 0.25) is 17.2 Å². The van der Waals surface area contributed by atoms with E-state index in [-0.39, 0.29) is 51.6 Å². The number of aromatic hydroxyl groups is 1. The summed E-state index contributed by atoms with van der Waals surface area (Å²) in [6.07, 6.45) is 0. The van der Waals surface area contributed by atoms with Gasteiger partial charge >= 0.3 is 0 Å². The number of hydrogen-bond acceptors (Lipinski definition) is 13. The molecule has 41 heavy (non-hydrogen) atoms. The Morgan fingerprint density at radius 2 is 1.66 bits per heavy atom. The lowest BCUT2D eigenvalue weighted by Crippen LogP contribution is -2.15. The summed E-state index contributed by atoms with van der Waals surface area (Å²) in [5, 5.41) is 24.8. The smallest absolute Gasteiger partial charge is 0.296 e. The molecule has 15 nitrogen and oxygen atoms in total. The van der Waals surface area contributed by atoms with E-state index in [0.717, 1.165) is 12.1 Å². The van der Waals surface area contributed by atoms with Crippen LogP contribution in [0.2, 0.25) is 5.28 Å². The predicted octanol–water partition coefficient (Wildman–Crippen LogP) is 4.02. The topological polar surface area (TPSA) is 242 Å². The van der Waals surface area contributed by atoms with Gasteiger partial charge < -0.3 is 21.5 Å². The van der Waals surface area contributed by atoms with Crippen molar-refractivity contribution in [1.82, 2.24) is 15.0 Å². The molecule has 7 N–H and O–H groups in total. The maximum absolute atomic E-state index is 12.0. The van der Waals surface area contributed by atoms with Crippen LogP contribution in [0.25, 0.3) is 10.8 Å². The van der Waals surface area contributed by atoms with Gasteiger partial charge in [-0.3, -0.25) is 9.11 Å². The molecule has 0 unspecified atom stereocenters. The third kappa shape index (κ3) is 6.84. The van der Waals surface area contributed by atoms with Gasteiger partial charge in [0.1, 0.15) is 16.3 Å². The van der Waals surface area contributed by atoms with E-state index in [1.165, 1.54) is 18.2 Å². The lowest BCUT2D eigenvalue weighted by molar-refractivity contribution is 0.480. The first kappa shape index (κ1) is 30.0. The van der Waals surface area contributed by atoms with Gasteiger partial charge in [0.25, 0.3) is 20.2 Å². The highest BCUT2D eigenvalue weighted by molar-refractivity contribution is 7.86. The minimum atomic E-state index is -4.69. The molecule has 0 aliphatic rings. The Morgan fingerprint density at radius 1 is 0.951 bits per heavy atom. The van der Waals surface area contributed by atoms with Crippen LogP contribution in [0.15, 0.2) is 56.4 Å². The SMILES string of the molecule is Cc1ccc(N=Nc2c(C)cc3cc(S(=O)(=O)O)cc(Nc4nc(Cl)nc(NCCN)n4)c3c2O)c(S(=O)(=O)O)c1. The molecule has 0 saturated carbocycles. The van der Waals surface area contributed by atoms with Crippen LogP contribution in [0.3, 0.4) is 0 Å². The number of halogens is 1. The molecule has 4 rings (SSSR count). The van der Waals surface area contributed by atoms with Crippen molar-refractivity contribution in [3.8, 4) is 5.75 Å². The summed E-state index contributed by atoms with van der Waals surface area (Å²) in [7, 11) is -9.33. The van der Waals surface area contributed by atoms with Crippen LogP contribution in [-0.2, 0) is 20.2 Å². The Kier molecular flexibility index (Phi) is 8.39. The molecule has 0 radical (unpaired) electrons. The van der Waals surface area contributed by atoms with E-state index in [9.17, 15) is 31.0 Å². The molecule has 18 heteroatoms. The lowest BCUT2D eigenvalue weighted by atomic mass is 10.0. The molecule has 4 aromatic rings. The third-order valence-corrected chi connectivity index (χ3v) is 7.46. The number of phenolic OH excluding ortho intramolecular Hbond substituents is 1. The zero-order valence-electron chi connectivity index (χ0n) is 21.4. The monoisotopic (exact) mass is 622 g/mol. The number of aromatic nitrogens is 3. The number of hydrogen-bond donors (Lipinski definition) is 6. The zero-order chi connectivity index (χ0) is 30.1. The Labute approximate surface area is 239 Å². The molecular weight excluding hydrogens is 600 g/mol. The number of rotatable bonds is 9. The van der Waals surface area contributed by atoms with Gasteiger partial charge in [-0.2, -0.15) is 31.8 Å². The van der Waals surface area contributed by atoms with Crippen molar-refractivity contribution in [1.29, 1.82) is 0 Å². The second kappa shape index (κ2) is 11.5. The largest absolute Gasteiger partial charge is 0.505 e. The Hall–Kier alpha value is -4.00. The van der Waals surface area contributed by atoms with Crippen LogP contribution >= 0.6 is 11.6 Å². The summed E-state index contributed by atoms with van der Waals surface area (Å²) in [5.41, 5.74) is 6.00. The molecule has 1 heterocycles. The van der Waals surface area contributed by atoms with Crippen LogP contribution < -0.4 is 16.4 Å². The van der Waals surface area contributed by atoms with Gasteiger partial charge in [0.05, 0.1) is 10.6 Å². The molecule has 216 valence electrons. The van der Waals surface area contributed by atoms with E-state index in [1.54, 1.807) is 19.9 Å². The normalized spacial score (nSPS) is 12.2.